The van der Waals surface area contributed by atoms with Gasteiger partial charge >= 0.3 is 6.02 Å². The minimum atomic E-state index is -0.186. The van der Waals surface area contributed by atoms with Crippen molar-refractivity contribution >= 4 is 40.8 Å². The first-order valence-corrected chi connectivity index (χ1v) is 12.6. The van der Waals surface area contributed by atoms with Crippen LogP contribution in [0.15, 0.2) is 120 Å². The number of benzene rings is 4. The first-order chi connectivity index (χ1) is 18.2. The van der Waals surface area contributed by atoms with E-state index in [-0.39, 0.29) is 11.7 Å². The van der Waals surface area contributed by atoms with Crippen molar-refractivity contribution in [3.8, 4) is 0 Å². The molecule has 0 N–H and O–H groups in total. The van der Waals surface area contributed by atoms with Crippen LogP contribution in [0.5, 0.6) is 0 Å². The maximum atomic E-state index is 13.1. The molecule has 5 heteroatoms. The summed E-state index contributed by atoms with van der Waals surface area (Å²) < 4.78 is 5.98. The van der Waals surface area contributed by atoms with Gasteiger partial charge in [0.2, 0.25) is 0 Å². The van der Waals surface area contributed by atoms with Gasteiger partial charge in [-0.1, -0.05) is 73.7 Å². The summed E-state index contributed by atoms with van der Waals surface area (Å²) in [5.74, 6) is 0.0832. The van der Waals surface area contributed by atoms with Crippen LogP contribution < -0.4 is 4.90 Å². The highest BCUT2D eigenvalue weighted by Crippen LogP contribution is 2.34. The molecule has 0 aromatic heterocycles. The summed E-state index contributed by atoms with van der Waals surface area (Å²) in [7, 11) is 0. The smallest absolute Gasteiger partial charge is 0.305 e. The molecule has 0 radical (unpaired) electrons. The molecule has 1 fully saturated rings. The fourth-order valence-electron chi connectivity index (χ4n) is 4.36. The van der Waals surface area contributed by atoms with Crippen LogP contribution in [0.3, 0.4) is 0 Å². The van der Waals surface area contributed by atoms with E-state index in [2.05, 4.69) is 53.2 Å². The van der Waals surface area contributed by atoms with Crippen molar-refractivity contribution in [2.75, 3.05) is 11.4 Å². The highest BCUT2D eigenvalue weighted by Gasteiger charge is 2.33. The number of para-hydroxylation sites is 3. The second kappa shape index (κ2) is 11.0. The fraction of sp³-hybridized carbons (Fsp3) is 0.125. The summed E-state index contributed by atoms with van der Waals surface area (Å²) >= 11 is 0. The second-order valence-electron chi connectivity index (χ2n) is 8.63. The number of hydrogen-bond acceptors (Lipinski definition) is 4. The quantitative estimate of drug-likeness (QED) is 0.252. The minimum absolute atomic E-state index is 0.186. The molecule has 5 rings (SSSR count). The Kier molecular flexibility index (Phi) is 7.13. The van der Waals surface area contributed by atoms with Gasteiger partial charge in [0.05, 0.1) is 5.69 Å². The Hall–Kier alpha value is -4.64. The van der Waals surface area contributed by atoms with Gasteiger partial charge in [0.1, 0.15) is 0 Å². The lowest BCUT2D eigenvalue weighted by Gasteiger charge is -2.25. The van der Waals surface area contributed by atoms with E-state index in [0.29, 0.717) is 12.6 Å². The lowest BCUT2D eigenvalue weighted by molar-refractivity contribution is -0.122. The Balaban J connectivity index is 1.44. The third-order valence-electron chi connectivity index (χ3n) is 6.27. The van der Waals surface area contributed by atoms with E-state index in [1.54, 1.807) is 11.0 Å². The van der Waals surface area contributed by atoms with Gasteiger partial charge in [-0.25, -0.2) is 0 Å². The van der Waals surface area contributed by atoms with Crippen LogP contribution in [0.4, 0.5) is 22.7 Å². The molecule has 1 heterocycles. The van der Waals surface area contributed by atoms with Crippen molar-refractivity contribution in [1.82, 2.24) is 4.90 Å². The molecule has 4 aromatic carbocycles. The van der Waals surface area contributed by atoms with Crippen molar-refractivity contribution in [3.05, 3.63) is 126 Å². The monoisotopic (exact) mass is 487 g/mol. The number of nitrogens with zero attached hydrogens (tertiary/aromatic N) is 3. The number of aliphatic imine (C=N–C) groups is 1. The van der Waals surface area contributed by atoms with Gasteiger partial charge in [-0.15, -0.1) is 0 Å². The molecule has 0 aliphatic carbocycles. The molecule has 5 nitrogen and oxygen atoms in total. The average molecular weight is 488 g/mol. The number of amidine groups is 1. The number of likely N-dealkylation sites (N-methyl/N-ethyl adjacent to an activating group) is 1. The van der Waals surface area contributed by atoms with Crippen LogP contribution in [0.2, 0.25) is 0 Å². The van der Waals surface area contributed by atoms with E-state index in [9.17, 15) is 4.79 Å². The van der Waals surface area contributed by atoms with E-state index in [4.69, 9.17) is 4.74 Å². The molecule has 0 unspecified atom stereocenters. The predicted octanol–water partition coefficient (Wildman–Crippen LogP) is 7.63. The number of ether oxygens (including phenoxy) is 1. The molecule has 1 amide bonds. The number of aryl methyl sites for hydroxylation is 1. The molecule has 184 valence electrons. The average Bonchev–Trinajstić information content (AvgIpc) is 3.24. The lowest BCUT2D eigenvalue weighted by atomic mass is 10.1. The summed E-state index contributed by atoms with van der Waals surface area (Å²) in [5, 5.41) is 0. The maximum Gasteiger partial charge on any atom is 0.305 e. The number of rotatable bonds is 7. The number of amides is 1. The molecular formula is C32H29N3O2. The zero-order chi connectivity index (χ0) is 25.6. The highest BCUT2D eigenvalue weighted by atomic mass is 16.5. The summed E-state index contributed by atoms with van der Waals surface area (Å²) in [6.45, 7) is 4.48. The van der Waals surface area contributed by atoms with Crippen molar-refractivity contribution < 1.29 is 9.53 Å². The molecule has 4 aromatic rings. The lowest BCUT2D eigenvalue weighted by Crippen LogP contribution is -2.29. The Morgan fingerprint density at radius 3 is 1.92 bits per heavy atom. The molecule has 0 atom stereocenters. The van der Waals surface area contributed by atoms with Gasteiger partial charge < -0.3 is 9.64 Å². The van der Waals surface area contributed by atoms with Crippen molar-refractivity contribution in [2.24, 2.45) is 4.99 Å². The molecule has 0 bridgehead atoms. The van der Waals surface area contributed by atoms with Gasteiger partial charge in [-0.05, 0) is 73.0 Å². The maximum absolute atomic E-state index is 13.1. The van der Waals surface area contributed by atoms with Crippen LogP contribution in [0.1, 0.15) is 25.0 Å². The first kappa shape index (κ1) is 24.1. The molecule has 1 saturated heterocycles. The van der Waals surface area contributed by atoms with E-state index in [1.807, 2.05) is 79.7 Å². The number of anilines is 3. The zero-order valence-electron chi connectivity index (χ0n) is 21.0. The first-order valence-electron chi connectivity index (χ1n) is 12.6. The fourth-order valence-corrected chi connectivity index (χ4v) is 4.36. The highest BCUT2D eigenvalue weighted by molar-refractivity contribution is 6.11. The Morgan fingerprint density at radius 2 is 1.32 bits per heavy atom. The summed E-state index contributed by atoms with van der Waals surface area (Å²) in [6, 6.07) is 36.8. The van der Waals surface area contributed by atoms with Crippen LogP contribution in [0, 0.1) is 0 Å². The Bertz CT molecular complexity index is 1390. The van der Waals surface area contributed by atoms with E-state index in [1.165, 1.54) is 0 Å². The van der Waals surface area contributed by atoms with Crippen LogP contribution in [0.25, 0.3) is 6.08 Å². The second-order valence-corrected chi connectivity index (χ2v) is 8.63. The minimum Gasteiger partial charge on any atom is -0.419 e. The van der Waals surface area contributed by atoms with Gasteiger partial charge in [0.15, 0.2) is 5.76 Å². The number of carbonyl (C=O) groups is 1. The third kappa shape index (κ3) is 5.16. The standard InChI is InChI=1S/C32H29N3O2/c1-3-25-13-11-12-18-29(25)33-32-34(4-2)31(36)30(37-32)23-24-19-21-28(22-20-24)35(26-14-7-5-8-15-26)27-16-9-6-10-17-27/h5-23H,3-4H2,1-2H3. The number of carbonyl (C=O) groups excluding carboxylic acids is 1. The molecule has 1 aliphatic heterocycles. The van der Waals surface area contributed by atoms with Crippen LogP contribution in [-0.4, -0.2) is 23.4 Å². The Morgan fingerprint density at radius 1 is 0.757 bits per heavy atom. The molecule has 1 aliphatic rings. The zero-order valence-corrected chi connectivity index (χ0v) is 21.0. The summed E-state index contributed by atoms with van der Waals surface area (Å²) in [6.07, 6.45) is 2.63. The summed E-state index contributed by atoms with van der Waals surface area (Å²) in [5.41, 5.74) is 5.96. The van der Waals surface area contributed by atoms with E-state index < -0.39 is 0 Å². The third-order valence-corrected chi connectivity index (χ3v) is 6.27. The van der Waals surface area contributed by atoms with E-state index >= 15 is 0 Å². The van der Waals surface area contributed by atoms with Crippen molar-refractivity contribution in [2.45, 2.75) is 20.3 Å². The van der Waals surface area contributed by atoms with Gasteiger partial charge in [-0.2, -0.15) is 4.99 Å². The normalized spacial score (nSPS) is 15.3. The molecule has 37 heavy (non-hydrogen) atoms. The van der Waals surface area contributed by atoms with E-state index in [0.717, 1.165) is 40.3 Å². The molecule has 0 spiro atoms. The predicted molar refractivity (Wildman–Crippen MR) is 150 cm³/mol. The van der Waals surface area contributed by atoms with Crippen molar-refractivity contribution in [3.63, 3.8) is 0 Å². The molecule has 0 saturated carbocycles. The topological polar surface area (TPSA) is 45.1 Å². The number of hydrogen-bond donors (Lipinski definition) is 0. The molecular weight excluding hydrogens is 458 g/mol. The summed E-state index contributed by atoms with van der Waals surface area (Å²) in [4.78, 5) is 21.5. The van der Waals surface area contributed by atoms with Crippen LogP contribution >= 0.6 is 0 Å². The van der Waals surface area contributed by atoms with Gasteiger partial charge in [0, 0.05) is 23.6 Å². The largest absolute Gasteiger partial charge is 0.419 e. The Labute approximate surface area is 218 Å². The van der Waals surface area contributed by atoms with Gasteiger partial charge in [-0.3, -0.25) is 9.69 Å². The SMILES string of the molecule is CCc1ccccc1N=C1OC(=Cc2ccc(N(c3ccccc3)c3ccccc3)cc2)C(=O)N1CC. The van der Waals surface area contributed by atoms with Crippen molar-refractivity contribution in [1.29, 1.82) is 0 Å². The van der Waals surface area contributed by atoms with Gasteiger partial charge in [0.25, 0.3) is 5.91 Å². The van der Waals surface area contributed by atoms with Crippen LogP contribution in [-0.2, 0) is 16.0 Å².